The summed E-state index contributed by atoms with van der Waals surface area (Å²) in [5, 5.41) is 6.82. The molecule has 0 aliphatic carbocycles. The minimum Gasteiger partial charge on any atom is -0.334 e. The molecule has 1 aromatic heterocycles. The summed E-state index contributed by atoms with van der Waals surface area (Å²) in [7, 11) is 1.76. The standard InChI is InChI=1S/C14H18N4O/c1-9-6-5-7-10(2)13(9)14(19)18(4)8-12-15-11(3)16-17-12/h5-7H,8H2,1-4H3,(H,15,16,17). The summed E-state index contributed by atoms with van der Waals surface area (Å²) in [6.45, 7) is 6.14. The molecule has 0 atom stereocenters. The molecule has 19 heavy (non-hydrogen) atoms. The number of nitrogens with one attached hydrogen (secondary N) is 1. The van der Waals surface area contributed by atoms with Gasteiger partial charge in [0.15, 0.2) is 5.82 Å². The average molecular weight is 258 g/mol. The third kappa shape index (κ3) is 2.81. The molecule has 0 aliphatic heterocycles. The van der Waals surface area contributed by atoms with Crippen LogP contribution in [0.3, 0.4) is 0 Å². The number of amides is 1. The lowest BCUT2D eigenvalue weighted by atomic mass is 10.0. The molecule has 0 unspecified atom stereocenters. The van der Waals surface area contributed by atoms with E-state index in [1.165, 1.54) is 0 Å². The predicted octanol–water partition coefficient (Wildman–Crippen LogP) is 2.00. The number of H-pyrrole nitrogens is 1. The number of hydrogen-bond acceptors (Lipinski definition) is 3. The van der Waals surface area contributed by atoms with E-state index in [2.05, 4.69) is 15.2 Å². The molecule has 1 heterocycles. The van der Waals surface area contributed by atoms with Crippen LogP contribution in [0.2, 0.25) is 0 Å². The van der Waals surface area contributed by atoms with Crippen LogP contribution in [0.5, 0.6) is 0 Å². The molecule has 5 heteroatoms. The second-order valence-electron chi connectivity index (χ2n) is 4.77. The summed E-state index contributed by atoms with van der Waals surface area (Å²) >= 11 is 0. The van der Waals surface area contributed by atoms with E-state index in [0.29, 0.717) is 12.4 Å². The molecule has 0 radical (unpaired) electrons. The van der Waals surface area contributed by atoms with Crippen molar-refractivity contribution in [2.45, 2.75) is 27.3 Å². The van der Waals surface area contributed by atoms with Crippen molar-refractivity contribution in [3.63, 3.8) is 0 Å². The quantitative estimate of drug-likeness (QED) is 0.916. The number of aromatic nitrogens is 3. The minimum atomic E-state index is -0.00180. The van der Waals surface area contributed by atoms with Gasteiger partial charge in [-0.3, -0.25) is 9.89 Å². The fourth-order valence-corrected chi connectivity index (χ4v) is 2.09. The van der Waals surface area contributed by atoms with Crippen molar-refractivity contribution >= 4 is 5.91 Å². The zero-order chi connectivity index (χ0) is 14.0. The highest BCUT2D eigenvalue weighted by atomic mass is 16.2. The first-order valence-corrected chi connectivity index (χ1v) is 6.18. The van der Waals surface area contributed by atoms with Gasteiger partial charge in [0, 0.05) is 12.6 Å². The lowest BCUT2D eigenvalue weighted by Gasteiger charge is -2.18. The molecule has 100 valence electrons. The van der Waals surface area contributed by atoms with Crippen LogP contribution >= 0.6 is 0 Å². The zero-order valence-electron chi connectivity index (χ0n) is 11.7. The third-order valence-corrected chi connectivity index (χ3v) is 3.06. The van der Waals surface area contributed by atoms with Crippen LogP contribution in [0.1, 0.15) is 33.1 Å². The summed E-state index contributed by atoms with van der Waals surface area (Å²) in [5.41, 5.74) is 2.74. The van der Waals surface area contributed by atoms with Crippen molar-refractivity contribution in [3.8, 4) is 0 Å². The Balaban J connectivity index is 2.19. The van der Waals surface area contributed by atoms with Crippen LogP contribution in [0, 0.1) is 20.8 Å². The highest BCUT2D eigenvalue weighted by Gasteiger charge is 2.17. The van der Waals surface area contributed by atoms with Gasteiger partial charge in [0.1, 0.15) is 5.82 Å². The van der Waals surface area contributed by atoms with Crippen molar-refractivity contribution in [3.05, 3.63) is 46.5 Å². The molecule has 5 nitrogen and oxygen atoms in total. The zero-order valence-corrected chi connectivity index (χ0v) is 11.7. The van der Waals surface area contributed by atoms with Gasteiger partial charge in [-0.2, -0.15) is 5.10 Å². The number of hydrogen-bond donors (Lipinski definition) is 1. The topological polar surface area (TPSA) is 61.9 Å². The number of rotatable bonds is 3. The smallest absolute Gasteiger partial charge is 0.254 e. The van der Waals surface area contributed by atoms with Gasteiger partial charge in [0.2, 0.25) is 0 Å². The summed E-state index contributed by atoms with van der Waals surface area (Å²) in [4.78, 5) is 18.3. The molecular formula is C14H18N4O. The maximum Gasteiger partial charge on any atom is 0.254 e. The summed E-state index contributed by atoms with van der Waals surface area (Å²) in [6.07, 6.45) is 0. The lowest BCUT2D eigenvalue weighted by molar-refractivity contribution is 0.0780. The Hall–Kier alpha value is -2.17. The summed E-state index contributed by atoms with van der Waals surface area (Å²) < 4.78 is 0. The van der Waals surface area contributed by atoms with Crippen molar-refractivity contribution < 1.29 is 4.79 Å². The Labute approximate surface area is 112 Å². The van der Waals surface area contributed by atoms with E-state index in [4.69, 9.17) is 0 Å². The predicted molar refractivity (Wildman–Crippen MR) is 72.8 cm³/mol. The fourth-order valence-electron chi connectivity index (χ4n) is 2.09. The second kappa shape index (κ2) is 5.22. The first-order chi connectivity index (χ1) is 8.99. The van der Waals surface area contributed by atoms with Gasteiger partial charge in [-0.15, -0.1) is 0 Å². The number of aryl methyl sites for hydroxylation is 3. The molecule has 0 fully saturated rings. The first kappa shape index (κ1) is 13.3. The van der Waals surface area contributed by atoms with E-state index in [9.17, 15) is 4.79 Å². The Kier molecular flexibility index (Phi) is 3.64. The van der Waals surface area contributed by atoms with Gasteiger partial charge < -0.3 is 4.90 Å². The number of aromatic amines is 1. The van der Waals surface area contributed by atoms with Crippen molar-refractivity contribution in [1.29, 1.82) is 0 Å². The third-order valence-electron chi connectivity index (χ3n) is 3.06. The second-order valence-corrected chi connectivity index (χ2v) is 4.77. The van der Waals surface area contributed by atoms with E-state index in [1.54, 1.807) is 11.9 Å². The molecule has 1 aromatic carbocycles. The van der Waals surface area contributed by atoms with Crippen molar-refractivity contribution in [2.75, 3.05) is 7.05 Å². The lowest BCUT2D eigenvalue weighted by Crippen LogP contribution is -2.28. The molecule has 0 spiro atoms. The fraction of sp³-hybridized carbons (Fsp3) is 0.357. The van der Waals surface area contributed by atoms with E-state index < -0.39 is 0 Å². The van der Waals surface area contributed by atoms with Crippen molar-refractivity contribution in [2.24, 2.45) is 0 Å². The van der Waals surface area contributed by atoms with Gasteiger partial charge in [-0.1, -0.05) is 18.2 Å². The molecule has 2 aromatic rings. The normalized spacial score (nSPS) is 10.5. The molecule has 0 bridgehead atoms. The van der Waals surface area contributed by atoms with Crippen LogP contribution in [-0.4, -0.2) is 33.0 Å². The van der Waals surface area contributed by atoms with E-state index in [0.717, 1.165) is 22.5 Å². The Bertz CT molecular complexity index is 583. The van der Waals surface area contributed by atoms with Gasteiger partial charge in [-0.25, -0.2) is 4.98 Å². The number of benzene rings is 1. The minimum absolute atomic E-state index is 0.00180. The van der Waals surface area contributed by atoms with Crippen LogP contribution in [0.15, 0.2) is 18.2 Å². The van der Waals surface area contributed by atoms with Gasteiger partial charge in [0.05, 0.1) is 6.54 Å². The number of carbonyl (C=O) groups is 1. The van der Waals surface area contributed by atoms with Gasteiger partial charge in [0.25, 0.3) is 5.91 Å². The highest BCUT2D eigenvalue weighted by Crippen LogP contribution is 2.16. The van der Waals surface area contributed by atoms with Gasteiger partial charge in [-0.05, 0) is 31.9 Å². The van der Waals surface area contributed by atoms with Crippen LogP contribution < -0.4 is 0 Å². The van der Waals surface area contributed by atoms with Gasteiger partial charge >= 0.3 is 0 Å². The SMILES string of the molecule is Cc1nc(CN(C)C(=O)c2c(C)cccc2C)n[nH]1. The Morgan fingerprint density at radius 2 is 1.89 bits per heavy atom. The number of nitrogens with zero attached hydrogens (tertiary/aromatic N) is 3. The molecule has 1 amide bonds. The van der Waals surface area contributed by atoms with Crippen molar-refractivity contribution in [1.82, 2.24) is 20.1 Å². The molecule has 1 N–H and O–H groups in total. The van der Waals surface area contributed by atoms with Crippen LogP contribution in [0.25, 0.3) is 0 Å². The number of carbonyl (C=O) groups excluding carboxylic acids is 1. The van der Waals surface area contributed by atoms with E-state index >= 15 is 0 Å². The highest BCUT2D eigenvalue weighted by molar-refractivity contribution is 5.96. The largest absolute Gasteiger partial charge is 0.334 e. The maximum absolute atomic E-state index is 12.5. The first-order valence-electron chi connectivity index (χ1n) is 6.18. The molecule has 0 aliphatic rings. The monoisotopic (exact) mass is 258 g/mol. The molecule has 0 saturated carbocycles. The van der Waals surface area contributed by atoms with Crippen LogP contribution in [-0.2, 0) is 6.54 Å². The Morgan fingerprint density at radius 3 is 2.42 bits per heavy atom. The summed E-state index contributed by atoms with van der Waals surface area (Å²) in [5.74, 6) is 1.38. The average Bonchev–Trinajstić information content (AvgIpc) is 2.74. The molecule has 0 saturated heterocycles. The Morgan fingerprint density at radius 1 is 1.26 bits per heavy atom. The maximum atomic E-state index is 12.5. The van der Waals surface area contributed by atoms with Crippen LogP contribution in [0.4, 0.5) is 0 Å². The van der Waals surface area contributed by atoms with E-state index in [-0.39, 0.29) is 5.91 Å². The van der Waals surface area contributed by atoms with E-state index in [1.807, 2.05) is 39.0 Å². The molecular weight excluding hydrogens is 240 g/mol. The summed E-state index contributed by atoms with van der Waals surface area (Å²) in [6, 6.07) is 5.86. The molecule has 2 rings (SSSR count).